The molecule has 1 saturated carbocycles. The number of guanidine groups is 1. The van der Waals surface area contributed by atoms with Crippen molar-refractivity contribution in [2.24, 2.45) is 10.9 Å². The van der Waals surface area contributed by atoms with E-state index in [1.807, 2.05) is 12.1 Å². The lowest BCUT2D eigenvalue weighted by Crippen LogP contribution is -2.38. The van der Waals surface area contributed by atoms with Crippen LogP contribution in [-0.2, 0) is 11.3 Å². The Morgan fingerprint density at radius 2 is 2.12 bits per heavy atom. The Morgan fingerprint density at radius 3 is 2.88 bits per heavy atom. The van der Waals surface area contributed by atoms with Crippen molar-refractivity contribution in [2.75, 3.05) is 32.9 Å². The van der Waals surface area contributed by atoms with Crippen molar-refractivity contribution >= 4 is 5.96 Å². The summed E-state index contributed by atoms with van der Waals surface area (Å²) in [5.74, 6) is 2.34. The maximum absolute atomic E-state index is 5.78. The molecule has 146 valence electrons. The molecule has 0 aliphatic heterocycles. The molecular weight excluding hydrogens is 328 g/mol. The number of pyridine rings is 1. The quantitative estimate of drug-likeness (QED) is 0.321. The first-order valence-electron chi connectivity index (χ1n) is 10.00. The summed E-state index contributed by atoms with van der Waals surface area (Å²) in [7, 11) is 0. The molecule has 1 aromatic rings. The molecule has 2 rings (SSSR count). The highest BCUT2D eigenvalue weighted by atomic mass is 16.5. The minimum absolute atomic E-state index is 0.544. The SMILES string of the molecule is CCCCOc1ncccc1CN=C(NCC)NCCCOCC1CC1. The topological polar surface area (TPSA) is 67.8 Å². The maximum atomic E-state index is 5.78. The second kappa shape index (κ2) is 12.5. The van der Waals surface area contributed by atoms with Gasteiger partial charge in [0.1, 0.15) is 0 Å². The summed E-state index contributed by atoms with van der Waals surface area (Å²) in [6, 6.07) is 3.95. The molecule has 2 N–H and O–H groups in total. The summed E-state index contributed by atoms with van der Waals surface area (Å²) < 4.78 is 11.4. The Morgan fingerprint density at radius 1 is 1.23 bits per heavy atom. The van der Waals surface area contributed by atoms with Crippen LogP contribution in [0.15, 0.2) is 23.3 Å². The van der Waals surface area contributed by atoms with Crippen LogP contribution in [0, 0.1) is 5.92 Å². The van der Waals surface area contributed by atoms with E-state index in [9.17, 15) is 0 Å². The van der Waals surface area contributed by atoms with Crippen LogP contribution in [0.2, 0.25) is 0 Å². The van der Waals surface area contributed by atoms with E-state index in [-0.39, 0.29) is 0 Å². The first-order valence-corrected chi connectivity index (χ1v) is 10.00. The zero-order chi connectivity index (χ0) is 18.5. The minimum atomic E-state index is 0.544. The standard InChI is InChI=1S/C20H34N4O2/c1-3-5-14-26-19-18(8-6-11-22-19)15-24-20(21-4-2)23-12-7-13-25-16-17-9-10-17/h6,8,11,17H,3-5,7,9-10,12-16H2,1-2H3,(H2,21,23,24). The number of unbranched alkanes of at least 4 members (excludes halogenated alkanes) is 1. The number of rotatable bonds is 13. The van der Waals surface area contributed by atoms with E-state index in [1.165, 1.54) is 12.8 Å². The van der Waals surface area contributed by atoms with E-state index in [0.29, 0.717) is 19.0 Å². The number of hydrogen-bond donors (Lipinski definition) is 2. The lowest BCUT2D eigenvalue weighted by atomic mass is 10.2. The fraction of sp³-hybridized carbons (Fsp3) is 0.700. The molecule has 1 aromatic heterocycles. The molecule has 6 heteroatoms. The van der Waals surface area contributed by atoms with Gasteiger partial charge in [-0.15, -0.1) is 0 Å². The molecule has 0 spiro atoms. The Balaban J connectivity index is 1.75. The number of aromatic nitrogens is 1. The lowest BCUT2D eigenvalue weighted by molar-refractivity contribution is 0.123. The number of ether oxygens (including phenoxy) is 2. The molecule has 0 saturated heterocycles. The monoisotopic (exact) mass is 362 g/mol. The van der Waals surface area contributed by atoms with Gasteiger partial charge in [0.05, 0.1) is 13.2 Å². The molecular formula is C20H34N4O2. The zero-order valence-electron chi connectivity index (χ0n) is 16.3. The van der Waals surface area contributed by atoms with Gasteiger partial charge >= 0.3 is 0 Å². The number of nitrogens with one attached hydrogen (secondary N) is 2. The van der Waals surface area contributed by atoms with Crippen LogP contribution < -0.4 is 15.4 Å². The van der Waals surface area contributed by atoms with Crippen LogP contribution in [0.4, 0.5) is 0 Å². The molecule has 0 atom stereocenters. The van der Waals surface area contributed by atoms with Gasteiger partial charge in [-0.05, 0) is 44.6 Å². The molecule has 0 bridgehead atoms. The summed E-state index contributed by atoms with van der Waals surface area (Å²) in [5, 5.41) is 6.64. The van der Waals surface area contributed by atoms with Crippen LogP contribution in [0.25, 0.3) is 0 Å². The molecule has 1 fully saturated rings. The van der Waals surface area contributed by atoms with E-state index in [1.54, 1.807) is 6.20 Å². The number of hydrogen-bond acceptors (Lipinski definition) is 4. The normalized spacial score (nSPS) is 14.3. The van der Waals surface area contributed by atoms with Gasteiger partial charge in [-0.25, -0.2) is 9.98 Å². The van der Waals surface area contributed by atoms with Crippen molar-refractivity contribution in [1.29, 1.82) is 0 Å². The van der Waals surface area contributed by atoms with Crippen LogP contribution >= 0.6 is 0 Å². The number of aliphatic imine (C=N–C) groups is 1. The lowest BCUT2D eigenvalue weighted by Gasteiger charge is -2.12. The van der Waals surface area contributed by atoms with E-state index in [2.05, 4.69) is 34.5 Å². The highest BCUT2D eigenvalue weighted by molar-refractivity contribution is 5.79. The first-order chi connectivity index (χ1) is 12.8. The molecule has 0 aromatic carbocycles. The first kappa shape index (κ1) is 20.5. The fourth-order valence-electron chi connectivity index (χ4n) is 2.41. The summed E-state index contributed by atoms with van der Waals surface area (Å²) >= 11 is 0. The van der Waals surface area contributed by atoms with Gasteiger partial charge in [0.15, 0.2) is 5.96 Å². The molecule has 0 amide bonds. The van der Waals surface area contributed by atoms with E-state index in [0.717, 1.165) is 63.0 Å². The van der Waals surface area contributed by atoms with Gasteiger partial charge in [-0.3, -0.25) is 0 Å². The summed E-state index contributed by atoms with van der Waals surface area (Å²) in [6.45, 7) is 8.88. The molecule has 1 aliphatic rings. The molecule has 6 nitrogen and oxygen atoms in total. The van der Waals surface area contributed by atoms with Crippen molar-refractivity contribution in [2.45, 2.75) is 52.5 Å². The maximum Gasteiger partial charge on any atom is 0.218 e. The predicted octanol–water partition coefficient (Wildman–Crippen LogP) is 3.13. The second-order valence-electron chi connectivity index (χ2n) is 6.66. The highest BCUT2D eigenvalue weighted by Gasteiger charge is 2.20. The van der Waals surface area contributed by atoms with Crippen molar-refractivity contribution in [3.05, 3.63) is 23.9 Å². The fourth-order valence-corrected chi connectivity index (χ4v) is 2.41. The summed E-state index contributed by atoms with van der Waals surface area (Å²) in [6.07, 6.45) is 7.57. The minimum Gasteiger partial charge on any atom is -0.477 e. The van der Waals surface area contributed by atoms with E-state index >= 15 is 0 Å². The Kier molecular flexibility index (Phi) is 9.87. The molecule has 1 aliphatic carbocycles. The van der Waals surface area contributed by atoms with Crippen LogP contribution in [-0.4, -0.2) is 43.9 Å². The highest BCUT2D eigenvalue weighted by Crippen LogP contribution is 2.28. The predicted molar refractivity (Wildman–Crippen MR) is 106 cm³/mol. The van der Waals surface area contributed by atoms with Crippen molar-refractivity contribution in [1.82, 2.24) is 15.6 Å². The van der Waals surface area contributed by atoms with Gasteiger partial charge in [0.25, 0.3) is 0 Å². The van der Waals surface area contributed by atoms with E-state index in [4.69, 9.17) is 9.47 Å². The van der Waals surface area contributed by atoms with Gasteiger partial charge in [0.2, 0.25) is 5.88 Å². The summed E-state index contributed by atoms with van der Waals surface area (Å²) in [4.78, 5) is 9.00. The third-order valence-electron chi connectivity index (χ3n) is 4.15. The average molecular weight is 363 g/mol. The smallest absolute Gasteiger partial charge is 0.218 e. The van der Waals surface area contributed by atoms with Gasteiger partial charge < -0.3 is 20.1 Å². The summed E-state index contributed by atoms with van der Waals surface area (Å²) in [5.41, 5.74) is 1.01. The Hall–Kier alpha value is -1.82. The number of nitrogens with zero attached hydrogens (tertiary/aromatic N) is 2. The van der Waals surface area contributed by atoms with Crippen LogP contribution in [0.5, 0.6) is 5.88 Å². The molecule has 0 radical (unpaired) electrons. The molecule has 1 heterocycles. The zero-order valence-corrected chi connectivity index (χ0v) is 16.3. The van der Waals surface area contributed by atoms with E-state index < -0.39 is 0 Å². The van der Waals surface area contributed by atoms with Crippen molar-refractivity contribution < 1.29 is 9.47 Å². The average Bonchev–Trinajstić information content (AvgIpc) is 3.48. The van der Waals surface area contributed by atoms with Crippen LogP contribution in [0.3, 0.4) is 0 Å². The second-order valence-corrected chi connectivity index (χ2v) is 6.66. The van der Waals surface area contributed by atoms with Crippen molar-refractivity contribution in [3.8, 4) is 5.88 Å². The van der Waals surface area contributed by atoms with Crippen molar-refractivity contribution in [3.63, 3.8) is 0 Å². The van der Waals surface area contributed by atoms with Gasteiger partial charge in [0, 0.05) is 38.1 Å². The van der Waals surface area contributed by atoms with Crippen LogP contribution in [0.1, 0.15) is 51.5 Å². The van der Waals surface area contributed by atoms with Gasteiger partial charge in [-0.1, -0.05) is 19.4 Å². The van der Waals surface area contributed by atoms with Gasteiger partial charge in [-0.2, -0.15) is 0 Å². The third-order valence-corrected chi connectivity index (χ3v) is 4.15. The largest absolute Gasteiger partial charge is 0.477 e. The molecule has 0 unspecified atom stereocenters. The third kappa shape index (κ3) is 8.52. The Labute approximate surface area is 157 Å². The molecule has 26 heavy (non-hydrogen) atoms. The Bertz CT molecular complexity index is 532.